The first-order valence-electron chi connectivity index (χ1n) is 10.9. The van der Waals surface area contributed by atoms with E-state index in [9.17, 15) is 4.79 Å². The predicted molar refractivity (Wildman–Crippen MR) is 127 cm³/mol. The lowest BCUT2D eigenvalue weighted by atomic mass is 10.0. The van der Waals surface area contributed by atoms with Gasteiger partial charge in [-0.15, -0.1) is 0 Å². The van der Waals surface area contributed by atoms with Gasteiger partial charge >= 0.3 is 0 Å². The zero-order valence-corrected chi connectivity index (χ0v) is 17.5. The molecule has 5 heterocycles. The van der Waals surface area contributed by atoms with Crippen LogP contribution in [-0.4, -0.2) is 51.1 Å². The fourth-order valence-electron chi connectivity index (χ4n) is 4.45. The standard InChI is InChI=1S/C24H23N7O/c32-24-19(12-15(14-28-24)17-4-7-26-22-18(17)5-8-27-22)23-29-20-3-2-16(13-21(20)30-23)31-10-1-6-25-9-11-31/h2-5,7-8,12-14,25H,1,6,9-11H2,(H,26,27)(H,28,32)(H,29,30). The van der Waals surface area contributed by atoms with Crippen LogP contribution >= 0.6 is 0 Å². The summed E-state index contributed by atoms with van der Waals surface area (Å²) in [5, 5.41) is 4.44. The lowest BCUT2D eigenvalue weighted by molar-refractivity contribution is 0.724. The maximum Gasteiger partial charge on any atom is 0.259 e. The molecule has 4 aromatic heterocycles. The van der Waals surface area contributed by atoms with E-state index in [0.717, 1.165) is 65.8 Å². The summed E-state index contributed by atoms with van der Waals surface area (Å²) >= 11 is 0. The van der Waals surface area contributed by atoms with Crippen LogP contribution in [0.4, 0.5) is 5.69 Å². The topological polar surface area (TPSA) is 105 Å². The molecule has 0 unspecified atom stereocenters. The summed E-state index contributed by atoms with van der Waals surface area (Å²) in [5.41, 5.74) is 6.01. The summed E-state index contributed by atoms with van der Waals surface area (Å²) < 4.78 is 0. The molecular weight excluding hydrogens is 402 g/mol. The Balaban J connectivity index is 1.41. The molecule has 0 atom stereocenters. The van der Waals surface area contributed by atoms with Crippen molar-refractivity contribution in [3.05, 3.63) is 65.3 Å². The zero-order chi connectivity index (χ0) is 21.5. The van der Waals surface area contributed by atoms with Crippen LogP contribution in [0.2, 0.25) is 0 Å². The van der Waals surface area contributed by atoms with Gasteiger partial charge in [-0.3, -0.25) is 4.79 Å². The number of nitrogens with zero attached hydrogens (tertiary/aromatic N) is 3. The molecule has 1 fully saturated rings. The average Bonchev–Trinajstić information content (AvgIpc) is 3.38. The van der Waals surface area contributed by atoms with Crippen LogP contribution in [0.15, 0.2) is 59.8 Å². The van der Waals surface area contributed by atoms with Crippen LogP contribution in [-0.2, 0) is 0 Å². The molecule has 0 amide bonds. The molecule has 0 bridgehead atoms. The highest BCUT2D eigenvalue weighted by atomic mass is 16.1. The number of hydrogen-bond donors (Lipinski definition) is 4. The Hall–Kier alpha value is -3.91. The van der Waals surface area contributed by atoms with Gasteiger partial charge in [0, 0.05) is 49.3 Å². The van der Waals surface area contributed by atoms with E-state index in [-0.39, 0.29) is 5.56 Å². The Labute approximate surface area is 183 Å². The van der Waals surface area contributed by atoms with E-state index in [1.165, 1.54) is 5.69 Å². The lowest BCUT2D eigenvalue weighted by Crippen LogP contribution is -2.27. The van der Waals surface area contributed by atoms with E-state index < -0.39 is 0 Å². The summed E-state index contributed by atoms with van der Waals surface area (Å²) in [4.78, 5) is 33.5. The number of hydrogen-bond acceptors (Lipinski definition) is 5. The van der Waals surface area contributed by atoms with Gasteiger partial charge in [-0.05, 0) is 60.5 Å². The van der Waals surface area contributed by atoms with Gasteiger partial charge in [-0.1, -0.05) is 0 Å². The number of benzene rings is 1. The number of aromatic nitrogens is 5. The second-order valence-electron chi connectivity index (χ2n) is 8.11. The van der Waals surface area contributed by atoms with Gasteiger partial charge in [0.1, 0.15) is 11.5 Å². The minimum atomic E-state index is -0.175. The fourth-order valence-corrected chi connectivity index (χ4v) is 4.45. The molecule has 5 aromatic rings. The minimum absolute atomic E-state index is 0.175. The summed E-state index contributed by atoms with van der Waals surface area (Å²) in [5.74, 6) is 0.567. The van der Waals surface area contributed by atoms with Crippen molar-refractivity contribution in [2.24, 2.45) is 0 Å². The van der Waals surface area contributed by atoms with Crippen LogP contribution in [0.25, 0.3) is 44.6 Å². The van der Waals surface area contributed by atoms with Crippen molar-refractivity contribution in [3.8, 4) is 22.5 Å². The van der Waals surface area contributed by atoms with Crippen molar-refractivity contribution in [1.29, 1.82) is 0 Å². The number of anilines is 1. The number of imidazole rings is 1. The quantitative estimate of drug-likeness (QED) is 0.355. The van der Waals surface area contributed by atoms with Crippen molar-refractivity contribution >= 4 is 27.8 Å². The number of pyridine rings is 2. The predicted octanol–water partition coefficient (Wildman–Crippen LogP) is 3.26. The number of nitrogens with one attached hydrogen (secondary N) is 4. The van der Waals surface area contributed by atoms with Crippen LogP contribution < -0.4 is 15.8 Å². The van der Waals surface area contributed by atoms with Gasteiger partial charge in [-0.25, -0.2) is 9.97 Å². The number of aromatic amines is 3. The third-order valence-electron chi connectivity index (χ3n) is 6.10. The molecule has 0 saturated carbocycles. The molecule has 1 aromatic carbocycles. The van der Waals surface area contributed by atoms with Gasteiger partial charge < -0.3 is 25.2 Å². The van der Waals surface area contributed by atoms with Gasteiger partial charge in [0.05, 0.1) is 16.6 Å². The Bertz CT molecular complexity index is 1470. The fraction of sp³-hybridized carbons (Fsp3) is 0.208. The van der Waals surface area contributed by atoms with E-state index >= 15 is 0 Å². The third-order valence-corrected chi connectivity index (χ3v) is 6.10. The first kappa shape index (κ1) is 18.8. The van der Waals surface area contributed by atoms with E-state index in [1.54, 1.807) is 12.4 Å². The average molecular weight is 425 g/mol. The monoisotopic (exact) mass is 425 g/mol. The first-order valence-corrected chi connectivity index (χ1v) is 10.9. The van der Waals surface area contributed by atoms with Crippen molar-refractivity contribution in [2.45, 2.75) is 6.42 Å². The molecule has 0 aliphatic carbocycles. The van der Waals surface area contributed by atoms with Crippen LogP contribution in [0.1, 0.15) is 6.42 Å². The van der Waals surface area contributed by atoms with Gasteiger partial charge in [0.2, 0.25) is 0 Å². The molecule has 32 heavy (non-hydrogen) atoms. The summed E-state index contributed by atoms with van der Waals surface area (Å²) in [6, 6.07) is 12.1. The van der Waals surface area contributed by atoms with E-state index in [0.29, 0.717) is 11.4 Å². The Morgan fingerprint density at radius 3 is 2.91 bits per heavy atom. The summed E-state index contributed by atoms with van der Waals surface area (Å²) in [6.07, 6.45) is 6.49. The summed E-state index contributed by atoms with van der Waals surface area (Å²) in [7, 11) is 0. The molecule has 1 saturated heterocycles. The van der Waals surface area contributed by atoms with E-state index in [4.69, 9.17) is 4.98 Å². The molecule has 0 spiro atoms. The molecule has 4 N–H and O–H groups in total. The van der Waals surface area contributed by atoms with E-state index in [2.05, 4.69) is 42.3 Å². The maximum absolute atomic E-state index is 12.7. The molecule has 1 aliphatic rings. The van der Waals surface area contributed by atoms with Crippen molar-refractivity contribution in [1.82, 2.24) is 30.2 Å². The molecular formula is C24H23N7O. The molecule has 8 heteroatoms. The SMILES string of the molecule is O=c1[nH]cc(-c2ccnc3[nH]ccc23)cc1-c1nc2ccc(N3CCCNCC3)cc2[nH]1. The number of H-pyrrole nitrogens is 3. The van der Waals surface area contributed by atoms with Gasteiger partial charge in [0.25, 0.3) is 5.56 Å². The van der Waals surface area contributed by atoms with E-state index in [1.807, 2.05) is 30.5 Å². The number of rotatable bonds is 3. The Morgan fingerprint density at radius 2 is 1.94 bits per heavy atom. The first-order chi connectivity index (χ1) is 15.8. The van der Waals surface area contributed by atoms with Crippen molar-refractivity contribution in [3.63, 3.8) is 0 Å². The van der Waals surface area contributed by atoms with Crippen LogP contribution in [0, 0.1) is 0 Å². The lowest BCUT2D eigenvalue weighted by Gasteiger charge is -2.22. The highest BCUT2D eigenvalue weighted by molar-refractivity contribution is 5.93. The smallest absolute Gasteiger partial charge is 0.259 e. The normalized spacial score (nSPS) is 14.8. The molecule has 160 valence electrons. The zero-order valence-electron chi connectivity index (χ0n) is 17.5. The van der Waals surface area contributed by atoms with Crippen LogP contribution in [0.3, 0.4) is 0 Å². The van der Waals surface area contributed by atoms with Crippen molar-refractivity contribution in [2.75, 3.05) is 31.1 Å². The summed E-state index contributed by atoms with van der Waals surface area (Å²) in [6.45, 7) is 4.05. The highest BCUT2D eigenvalue weighted by Crippen LogP contribution is 2.29. The largest absolute Gasteiger partial charge is 0.370 e. The Kier molecular flexibility index (Phi) is 4.50. The number of fused-ring (bicyclic) bond motifs is 2. The molecule has 6 rings (SSSR count). The highest BCUT2D eigenvalue weighted by Gasteiger charge is 2.15. The molecule has 0 radical (unpaired) electrons. The molecule has 8 nitrogen and oxygen atoms in total. The third kappa shape index (κ3) is 3.25. The molecule has 1 aliphatic heterocycles. The van der Waals surface area contributed by atoms with Gasteiger partial charge in [0.15, 0.2) is 0 Å². The Morgan fingerprint density at radius 1 is 0.969 bits per heavy atom. The second kappa shape index (κ2) is 7.65. The van der Waals surface area contributed by atoms with Crippen molar-refractivity contribution < 1.29 is 0 Å². The van der Waals surface area contributed by atoms with Crippen LogP contribution in [0.5, 0.6) is 0 Å². The van der Waals surface area contributed by atoms with Gasteiger partial charge in [-0.2, -0.15) is 0 Å². The second-order valence-corrected chi connectivity index (χ2v) is 8.11. The maximum atomic E-state index is 12.7. The minimum Gasteiger partial charge on any atom is -0.370 e.